The molecule has 10 nitrogen and oxygen atoms in total. The first kappa shape index (κ1) is 25.5. The fourth-order valence-electron chi connectivity index (χ4n) is 4.66. The number of urea groups is 2. The van der Waals surface area contributed by atoms with E-state index in [0.29, 0.717) is 23.2 Å². The molecule has 0 bridgehead atoms. The van der Waals surface area contributed by atoms with E-state index < -0.39 is 54.1 Å². The Labute approximate surface area is 208 Å². The molecule has 4 atom stereocenters. The molecule has 2 saturated heterocycles. The van der Waals surface area contributed by atoms with Gasteiger partial charge < -0.3 is 19.8 Å². The van der Waals surface area contributed by atoms with Gasteiger partial charge in [0.05, 0.1) is 0 Å². The van der Waals surface area contributed by atoms with Crippen LogP contribution >= 0.6 is 0 Å². The van der Waals surface area contributed by atoms with E-state index in [1.165, 1.54) is 11.0 Å². The van der Waals surface area contributed by atoms with Gasteiger partial charge >= 0.3 is 12.1 Å². The lowest BCUT2D eigenvalue weighted by Gasteiger charge is -2.37. The molecule has 0 radical (unpaired) electrons. The Morgan fingerprint density at radius 2 is 1.72 bits per heavy atom. The van der Waals surface area contributed by atoms with Crippen molar-refractivity contribution in [2.45, 2.75) is 51.2 Å². The van der Waals surface area contributed by atoms with E-state index in [4.69, 9.17) is 4.74 Å². The van der Waals surface area contributed by atoms with E-state index in [1.807, 2.05) is 0 Å². The number of Topliss-reactive ketones (excluding diaryl/α,β-unsaturated/α-hetero) is 2. The quantitative estimate of drug-likeness (QED) is 0.500. The van der Waals surface area contributed by atoms with Crippen molar-refractivity contribution < 1.29 is 34.1 Å². The molecule has 36 heavy (non-hydrogen) atoms. The number of hydrogen-bond donors (Lipinski definition) is 3. The smallest absolute Gasteiger partial charge is 0.328 e. The Kier molecular flexibility index (Phi) is 6.94. The summed E-state index contributed by atoms with van der Waals surface area (Å²) < 4.78 is 5.89. The van der Waals surface area contributed by atoms with Crippen molar-refractivity contribution >= 4 is 23.6 Å². The predicted molar refractivity (Wildman–Crippen MR) is 128 cm³/mol. The summed E-state index contributed by atoms with van der Waals surface area (Å²) in [5.41, 5.74) is -0.617. The van der Waals surface area contributed by atoms with Gasteiger partial charge in [0.2, 0.25) is 0 Å². The number of imide groups is 1. The third-order valence-electron chi connectivity index (χ3n) is 6.82. The molecule has 2 fully saturated rings. The van der Waals surface area contributed by atoms with Gasteiger partial charge in [0.25, 0.3) is 0 Å². The van der Waals surface area contributed by atoms with E-state index in [2.05, 4.69) is 5.32 Å². The molecule has 2 aromatic carbocycles. The molecular formula is C26H29N3O7. The molecule has 3 N–H and O–H groups in total. The average Bonchev–Trinajstić information content (AvgIpc) is 3.21. The standard InChI is InChI=1S/C26H29N3O7/c1-4-28-14-29(25(34)27-24(28)33)19-13-26(35,22(32)18-12-8-6-10-16(18)3)23(36-19)21(31)20(30)17-11-7-5-9-15(17)2/h5-12,19-20,23,30,35H,4,13-14H2,1-3H3,(H,27,33,34)/t19-,20?,23-,26-/m1/s1. The highest BCUT2D eigenvalue weighted by Gasteiger charge is 2.59. The number of amides is 4. The van der Waals surface area contributed by atoms with Crippen molar-refractivity contribution in [2.75, 3.05) is 13.2 Å². The lowest BCUT2D eigenvalue weighted by atomic mass is 9.81. The molecule has 1 unspecified atom stereocenters. The van der Waals surface area contributed by atoms with Gasteiger partial charge in [0, 0.05) is 18.5 Å². The second-order valence-corrected chi connectivity index (χ2v) is 9.11. The van der Waals surface area contributed by atoms with Crippen LogP contribution in [-0.4, -0.2) is 74.8 Å². The third-order valence-corrected chi connectivity index (χ3v) is 6.82. The monoisotopic (exact) mass is 495 g/mol. The zero-order chi connectivity index (χ0) is 26.2. The minimum atomic E-state index is -2.36. The number of ketones is 2. The average molecular weight is 496 g/mol. The van der Waals surface area contributed by atoms with Crippen LogP contribution < -0.4 is 5.32 Å². The van der Waals surface area contributed by atoms with Gasteiger partial charge in [0.15, 0.2) is 23.3 Å². The van der Waals surface area contributed by atoms with Gasteiger partial charge in [0.1, 0.15) is 19.0 Å². The number of carbonyl (C=O) groups excluding carboxylic acids is 4. The summed E-state index contributed by atoms with van der Waals surface area (Å²) in [4.78, 5) is 54.4. The zero-order valence-corrected chi connectivity index (χ0v) is 20.3. The van der Waals surface area contributed by atoms with E-state index in [1.54, 1.807) is 63.2 Å². The summed E-state index contributed by atoms with van der Waals surface area (Å²) in [5, 5.41) is 24.9. The second kappa shape index (κ2) is 9.81. The summed E-state index contributed by atoms with van der Waals surface area (Å²) >= 11 is 0. The van der Waals surface area contributed by atoms with Crippen LogP contribution in [0.2, 0.25) is 0 Å². The maximum absolute atomic E-state index is 13.7. The minimum Gasteiger partial charge on any atom is -0.380 e. The molecule has 0 aromatic heterocycles. The van der Waals surface area contributed by atoms with Gasteiger partial charge in [-0.05, 0) is 37.5 Å². The molecule has 4 rings (SSSR count). The van der Waals surface area contributed by atoms with Gasteiger partial charge in [-0.1, -0.05) is 48.5 Å². The molecule has 4 amide bonds. The van der Waals surface area contributed by atoms with Gasteiger partial charge in [-0.2, -0.15) is 0 Å². The van der Waals surface area contributed by atoms with Crippen molar-refractivity contribution in [3.8, 4) is 0 Å². The summed E-state index contributed by atoms with van der Waals surface area (Å²) in [7, 11) is 0. The van der Waals surface area contributed by atoms with E-state index in [0.717, 1.165) is 4.90 Å². The normalized spacial score (nSPS) is 25.0. The number of hydrogen-bond acceptors (Lipinski definition) is 7. The molecule has 2 aromatic rings. The number of nitrogens with one attached hydrogen (secondary N) is 1. The van der Waals surface area contributed by atoms with Gasteiger partial charge in [-0.25, -0.2) is 9.59 Å². The Morgan fingerprint density at radius 1 is 1.08 bits per heavy atom. The van der Waals surface area contributed by atoms with Crippen LogP contribution in [0.15, 0.2) is 48.5 Å². The van der Waals surface area contributed by atoms with Crippen LogP contribution in [0.4, 0.5) is 9.59 Å². The fourth-order valence-corrected chi connectivity index (χ4v) is 4.66. The number of aryl methyl sites for hydroxylation is 2. The van der Waals surface area contributed by atoms with Crippen molar-refractivity contribution in [3.05, 3.63) is 70.8 Å². The van der Waals surface area contributed by atoms with E-state index in [9.17, 15) is 29.4 Å². The molecular weight excluding hydrogens is 466 g/mol. The molecule has 10 heteroatoms. The topological polar surface area (TPSA) is 136 Å². The van der Waals surface area contributed by atoms with E-state index >= 15 is 0 Å². The number of aliphatic hydroxyl groups is 2. The maximum atomic E-state index is 13.7. The molecule has 0 aliphatic carbocycles. The minimum absolute atomic E-state index is 0.151. The van der Waals surface area contributed by atoms with Gasteiger partial charge in [-0.3, -0.25) is 19.8 Å². The lowest BCUT2D eigenvalue weighted by molar-refractivity contribution is -0.149. The van der Waals surface area contributed by atoms with Crippen LogP contribution in [0.5, 0.6) is 0 Å². The Bertz CT molecular complexity index is 1220. The summed E-state index contributed by atoms with van der Waals surface area (Å²) in [5.74, 6) is -1.66. The highest BCUT2D eigenvalue weighted by Crippen LogP contribution is 2.39. The molecule has 0 saturated carbocycles. The van der Waals surface area contributed by atoms with Crippen LogP contribution in [-0.2, 0) is 9.53 Å². The largest absolute Gasteiger partial charge is 0.380 e. The Morgan fingerprint density at radius 3 is 2.36 bits per heavy atom. The first-order chi connectivity index (χ1) is 17.1. The zero-order valence-electron chi connectivity index (χ0n) is 20.3. The number of nitrogens with zero attached hydrogens (tertiary/aromatic N) is 2. The molecule has 2 aliphatic rings. The highest BCUT2D eigenvalue weighted by atomic mass is 16.5. The molecule has 190 valence electrons. The number of rotatable bonds is 7. The van der Waals surface area contributed by atoms with Crippen molar-refractivity contribution in [3.63, 3.8) is 0 Å². The van der Waals surface area contributed by atoms with E-state index in [-0.39, 0.29) is 12.2 Å². The van der Waals surface area contributed by atoms with Crippen LogP contribution in [0.3, 0.4) is 0 Å². The SMILES string of the molecule is CCN1CN([C@H]2C[C@@](O)(C(=O)c3ccccc3C)[C@@H](C(=O)C(O)c3ccccc3C)O2)C(=O)NC1=O. The molecule has 2 heterocycles. The van der Waals surface area contributed by atoms with Gasteiger partial charge in [-0.15, -0.1) is 0 Å². The predicted octanol–water partition coefficient (Wildman–Crippen LogP) is 2.06. The summed E-state index contributed by atoms with van der Waals surface area (Å²) in [6.45, 7) is 5.30. The van der Waals surface area contributed by atoms with Crippen molar-refractivity contribution in [2.24, 2.45) is 0 Å². The Balaban J connectivity index is 1.72. The van der Waals surface area contributed by atoms with Crippen molar-refractivity contribution in [1.29, 1.82) is 0 Å². The first-order valence-corrected chi connectivity index (χ1v) is 11.7. The second-order valence-electron chi connectivity index (χ2n) is 9.11. The number of benzene rings is 2. The number of carbonyl (C=O) groups is 4. The molecule has 2 aliphatic heterocycles. The summed E-state index contributed by atoms with van der Waals surface area (Å²) in [6.07, 6.45) is -5.06. The number of ether oxygens (including phenoxy) is 1. The molecule has 0 spiro atoms. The lowest BCUT2D eigenvalue weighted by Crippen LogP contribution is -2.61. The first-order valence-electron chi connectivity index (χ1n) is 11.7. The van der Waals surface area contributed by atoms with Crippen LogP contribution in [0.25, 0.3) is 0 Å². The fraction of sp³-hybridized carbons (Fsp3) is 0.385. The van der Waals surface area contributed by atoms with Crippen LogP contribution in [0.1, 0.15) is 46.5 Å². The third kappa shape index (κ3) is 4.39. The Hall–Kier alpha value is -3.60. The maximum Gasteiger partial charge on any atom is 0.328 e. The van der Waals surface area contributed by atoms with Crippen molar-refractivity contribution in [1.82, 2.24) is 15.1 Å². The summed E-state index contributed by atoms with van der Waals surface area (Å²) in [6, 6.07) is 12.0. The van der Waals surface area contributed by atoms with Crippen LogP contribution in [0, 0.1) is 13.8 Å². The highest BCUT2D eigenvalue weighted by molar-refractivity contribution is 6.08. The number of aliphatic hydroxyl groups excluding tert-OH is 1.